The van der Waals surface area contributed by atoms with Crippen LogP contribution in [0.1, 0.15) is 59.3 Å². The molecule has 0 bridgehead atoms. The minimum absolute atomic E-state index is 0.236. The first kappa shape index (κ1) is 20.3. The summed E-state index contributed by atoms with van der Waals surface area (Å²) in [5.74, 6) is -0.236. The van der Waals surface area contributed by atoms with Crippen LogP contribution in [0, 0.1) is 0 Å². The van der Waals surface area contributed by atoms with Crippen molar-refractivity contribution in [3.8, 4) is 0 Å². The lowest BCUT2D eigenvalue weighted by Crippen LogP contribution is -2.22. The molecule has 0 spiro atoms. The van der Waals surface area contributed by atoms with E-state index in [0.29, 0.717) is 6.61 Å². The number of allylic oxidation sites excluding steroid dienone is 1. The molecule has 0 rings (SSSR count). The van der Waals surface area contributed by atoms with Crippen LogP contribution in [0.5, 0.6) is 0 Å². The monoisotopic (exact) mass is 316 g/mol. The van der Waals surface area contributed by atoms with Gasteiger partial charge in [-0.3, -0.25) is 0 Å². The maximum absolute atomic E-state index is 11.1. The predicted octanol–water partition coefficient (Wildman–Crippen LogP) is 3.74. The van der Waals surface area contributed by atoms with E-state index in [2.05, 4.69) is 0 Å². The van der Waals surface area contributed by atoms with Crippen LogP contribution < -0.4 is 0 Å². The summed E-state index contributed by atoms with van der Waals surface area (Å²) in [7, 11) is -1.39. The normalized spacial score (nSPS) is 11.4. The molecule has 0 N–H and O–H groups in total. The number of esters is 1. The van der Waals surface area contributed by atoms with E-state index in [1.165, 1.54) is 31.8 Å². The summed E-state index contributed by atoms with van der Waals surface area (Å²) < 4.78 is 16.3. The highest BCUT2D eigenvalue weighted by atomic mass is 28.3. The Morgan fingerprint density at radius 3 is 2.10 bits per heavy atom. The van der Waals surface area contributed by atoms with Gasteiger partial charge in [0.25, 0.3) is 0 Å². The van der Waals surface area contributed by atoms with Gasteiger partial charge in [-0.1, -0.05) is 38.2 Å². The van der Waals surface area contributed by atoms with Crippen molar-refractivity contribution in [1.82, 2.24) is 0 Å². The molecule has 0 saturated carbocycles. The highest BCUT2D eigenvalue weighted by Crippen LogP contribution is 2.10. The number of hydrogen-bond acceptors (Lipinski definition) is 4. The zero-order valence-corrected chi connectivity index (χ0v) is 15.1. The van der Waals surface area contributed by atoms with Gasteiger partial charge in [-0.25, -0.2) is 4.79 Å². The topological polar surface area (TPSA) is 44.8 Å². The highest BCUT2D eigenvalue weighted by Gasteiger charge is 2.10. The van der Waals surface area contributed by atoms with E-state index in [0.717, 1.165) is 32.1 Å². The van der Waals surface area contributed by atoms with Gasteiger partial charge in [0.15, 0.2) is 0 Å². The van der Waals surface area contributed by atoms with Gasteiger partial charge < -0.3 is 13.6 Å². The van der Waals surface area contributed by atoms with Crippen LogP contribution in [-0.4, -0.2) is 35.1 Å². The zero-order valence-electron chi connectivity index (χ0n) is 13.9. The Bertz CT molecular complexity index is 263. The third-order valence-corrected chi connectivity index (χ3v) is 5.38. The van der Waals surface area contributed by atoms with Crippen molar-refractivity contribution in [3.05, 3.63) is 12.2 Å². The van der Waals surface area contributed by atoms with Crippen LogP contribution in [0.4, 0.5) is 0 Å². The summed E-state index contributed by atoms with van der Waals surface area (Å²) in [5.41, 5.74) is 0. The van der Waals surface area contributed by atoms with Gasteiger partial charge in [-0.15, -0.1) is 0 Å². The molecular weight excluding hydrogens is 284 g/mol. The summed E-state index contributed by atoms with van der Waals surface area (Å²) in [5, 5.41) is 0. The van der Waals surface area contributed by atoms with Crippen LogP contribution in [-0.2, 0) is 18.4 Å². The summed E-state index contributed by atoms with van der Waals surface area (Å²) >= 11 is 0. The fraction of sp³-hybridized carbons (Fsp3) is 0.812. The Morgan fingerprint density at radius 2 is 1.52 bits per heavy atom. The lowest BCUT2D eigenvalue weighted by molar-refractivity contribution is -0.137. The van der Waals surface area contributed by atoms with Gasteiger partial charge in [0.2, 0.25) is 0 Å². The molecule has 0 aromatic carbocycles. The summed E-state index contributed by atoms with van der Waals surface area (Å²) in [6, 6.07) is 1.11. The smallest absolute Gasteiger partial charge is 0.330 e. The Morgan fingerprint density at radius 1 is 0.952 bits per heavy atom. The third kappa shape index (κ3) is 14.1. The van der Waals surface area contributed by atoms with E-state index < -0.39 is 9.28 Å². The molecule has 0 atom stereocenters. The summed E-state index contributed by atoms with van der Waals surface area (Å²) in [6.07, 6.45) is 10.1. The standard InChI is InChI=1S/C16H32O4Si/c1-4-13-16(17)18-14-11-9-7-8-10-12-15-21(19-5-2)20-6-3/h4,13,21H,5-12,14-15H2,1-3H3. The summed E-state index contributed by atoms with van der Waals surface area (Å²) in [6.45, 7) is 7.94. The number of unbranched alkanes of at least 4 members (excludes halogenated alkanes) is 5. The second kappa shape index (κ2) is 15.7. The minimum atomic E-state index is -1.39. The number of carbonyl (C=O) groups excluding carboxylic acids is 1. The van der Waals surface area contributed by atoms with Crippen molar-refractivity contribution in [2.75, 3.05) is 19.8 Å². The molecule has 4 nitrogen and oxygen atoms in total. The van der Waals surface area contributed by atoms with E-state index in [1.807, 2.05) is 20.8 Å². The minimum Gasteiger partial charge on any atom is -0.463 e. The van der Waals surface area contributed by atoms with E-state index >= 15 is 0 Å². The van der Waals surface area contributed by atoms with Gasteiger partial charge in [-0.2, -0.15) is 0 Å². The molecule has 0 aromatic heterocycles. The Hall–Kier alpha value is -0.653. The number of carbonyl (C=O) groups is 1. The van der Waals surface area contributed by atoms with Gasteiger partial charge in [0, 0.05) is 19.3 Å². The maximum atomic E-state index is 11.1. The second-order valence-corrected chi connectivity index (χ2v) is 7.02. The van der Waals surface area contributed by atoms with Gasteiger partial charge in [0.05, 0.1) is 6.61 Å². The zero-order chi connectivity index (χ0) is 15.8. The molecule has 124 valence electrons. The first-order valence-corrected chi connectivity index (χ1v) is 10.0. The number of hydrogen-bond donors (Lipinski definition) is 0. The second-order valence-electron chi connectivity index (χ2n) is 4.92. The van der Waals surface area contributed by atoms with Gasteiger partial charge in [0.1, 0.15) is 0 Å². The predicted molar refractivity (Wildman–Crippen MR) is 88.7 cm³/mol. The average Bonchev–Trinajstić information content (AvgIpc) is 2.46. The summed E-state index contributed by atoms with van der Waals surface area (Å²) in [4.78, 5) is 11.1. The highest BCUT2D eigenvalue weighted by molar-refractivity contribution is 6.44. The van der Waals surface area contributed by atoms with Crippen LogP contribution in [0.2, 0.25) is 6.04 Å². The molecule has 0 aliphatic heterocycles. The molecule has 0 aliphatic rings. The first-order valence-electron chi connectivity index (χ1n) is 8.27. The lowest BCUT2D eigenvalue weighted by atomic mass is 10.1. The molecular formula is C16H32O4Si. The van der Waals surface area contributed by atoms with Crippen LogP contribution in [0.15, 0.2) is 12.2 Å². The largest absolute Gasteiger partial charge is 0.463 e. The first-order chi connectivity index (χ1) is 10.2. The number of ether oxygens (including phenoxy) is 1. The average molecular weight is 317 g/mol. The quantitative estimate of drug-likeness (QED) is 0.212. The Kier molecular flexibility index (Phi) is 15.2. The fourth-order valence-electron chi connectivity index (χ4n) is 2.06. The lowest BCUT2D eigenvalue weighted by Gasteiger charge is -2.14. The molecule has 21 heavy (non-hydrogen) atoms. The Labute approximate surface area is 131 Å². The molecule has 0 amide bonds. The molecule has 0 aliphatic carbocycles. The molecule has 0 unspecified atom stereocenters. The van der Waals surface area contributed by atoms with Gasteiger partial charge >= 0.3 is 15.3 Å². The van der Waals surface area contributed by atoms with Crippen LogP contribution >= 0.6 is 0 Å². The number of rotatable bonds is 14. The van der Waals surface area contributed by atoms with Crippen molar-refractivity contribution in [3.63, 3.8) is 0 Å². The van der Waals surface area contributed by atoms with E-state index in [4.69, 9.17) is 13.6 Å². The fourth-order valence-corrected chi connectivity index (χ4v) is 3.86. The Balaban J connectivity index is 3.33. The molecule has 0 saturated heterocycles. The van der Waals surface area contributed by atoms with Crippen LogP contribution in [0.25, 0.3) is 0 Å². The third-order valence-electron chi connectivity index (χ3n) is 3.09. The van der Waals surface area contributed by atoms with Crippen LogP contribution in [0.3, 0.4) is 0 Å². The molecule has 0 fully saturated rings. The van der Waals surface area contributed by atoms with Gasteiger partial charge in [-0.05, 0) is 33.2 Å². The van der Waals surface area contributed by atoms with Crippen molar-refractivity contribution in [2.45, 2.75) is 65.3 Å². The maximum Gasteiger partial charge on any atom is 0.330 e. The van der Waals surface area contributed by atoms with Crippen molar-refractivity contribution in [1.29, 1.82) is 0 Å². The van der Waals surface area contributed by atoms with E-state index in [1.54, 1.807) is 6.08 Å². The van der Waals surface area contributed by atoms with Crippen molar-refractivity contribution in [2.24, 2.45) is 0 Å². The SMILES string of the molecule is CC=CC(=O)OCCCCCCCC[SiH](OCC)OCC. The molecule has 5 heteroatoms. The molecule has 0 radical (unpaired) electrons. The van der Waals surface area contributed by atoms with E-state index in [-0.39, 0.29) is 5.97 Å². The molecule has 0 heterocycles. The molecule has 0 aromatic rings. The van der Waals surface area contributed by atoms with Crippen molar-refractivity contribution >= 4 is 15.3 Å². The van der Waals surface area contributed by atoms with Crippen molar-refractivity contribution < 1.29 is 18.4 Å². The van der Waals surface area contributed by atoms with E-state index in [9.17, 15) is 4.79 Å².